The first-order valence-electron chi connectivity index (χ1n) is 4.64. The molecule has 0 N–H and O–H groups in total. The van der Waals surface area contributed by atoms with Crippen LogP contribution < -0.4 is 0 Å². The molecule has 1 saturated heterocycles. The van der Waals surface area contributed by atoms with Gasteiger partial charge in [-0.1, -0.05) is 0 Å². The summed E-state index contributed by atoms with van der Waals surface area (Å²) in [5.74, 6) is -0.132. The highest BCUT2D eigenvalue weighted by molar-refractivity contribution is 5.72. The van der Waals surface area contributed by atoms with Gasteiger partial charge in [0, 0.05) is 13.1 Å². The van der Waals surface area contributed by atoms with Gasteiger partial charge in [0.25, 0.3) is 0 Å². The summed E-state index contributed by atoms with van der Waals surface area (Å²) in [6.07, 6.45) is 1.41. The van der Waals surface area contributed by atoms with Gasteiger partial charge in [0.1, 0.15) is 0 Å². The molecule has 76 valence electrons. The normalized spacial score (nSPS) is 23.4. The zero-order chi connectivity index (χ0) is 9.68. The van der Waals surface area contributed by atoms with Crippen LogP contribution in [-0.4, -0.2) is 44.3 Å². The van der Waals surface area contributed by atoms with E-state index in [1.54, 1.807) is 0 Å². The van der Waals surface area contributed by atoms with Crippen LogP contribution in [-0.2, 0) is 9.53 Å². The van der Waals surface area contributed by atoms with Crippen LogP contribution in [0.2, 0.25) is 0 Å². The highest BCUT2D eigenvalue weighted by atomic mass is 19.1. The molecule has 13 heavy (non-hydrogen) atoms. The van der Waals surface area contributed by atoms with Crippen LogP contribution in [0.3, 0.4) is 0 Å². The third kappa shape index (κ3) is 2.95. The summed E-state index contributed by atoms with van der Waals surface area (Å²) in [6.45, 7) is 2.09. The van der Waals surface area contributed by atoms with Crippen LogP contribution >= 0.6 is 0 Å². The summed E-state index contributed by atoms with van der Waals surface area (Å²) in [5, 5.41) is 0. The lowest BCUT2D eigenvalue weighted by atomic mass is 10.1. The quantitative estimate of drug-likeness (QED) is 0.614. The summed E-state index contributed by atoms with van der Waals surface area (Å²) >= 11 is 0. The minimum absolute atomic E-state index is 0.00427. The van der Waals surface area contributed by atoms with Crippen molar-refractivity contribution < 1.29 is 13.9 Å². The fourth-order valence-electron chi connectivity index (χ4n) is 1.68. The van der Waals surface area contributed by atoms with Crippen LogP contribution in [0.1, 0.15) is 12.8 Å². The highest BCUT2D eigenvalue weighted by Crippen LogP contribution is 2.17. The predicted octanol–water partition coefficient (Wildman–Crippen LogP) is 0.841. The number of carbonyl (C=O) groups is 1. The SMILES string of the molecule is COC(=O)C1CCN(CCCF)C1. The van der Waals surface area contributed by atoms with Crippen molar-refractivity contribution in [3.05, 3.63) is 0 Å². The Balaban J connectivity index is 2.23. The Bertz CT molecular complexity index is 175. The van der Waals surface area contributed by atoms with Gasteiger partial charge in [-0.15, -0.1) is 0 Å². The topological polar surface area (TPSA) is 29.5 Å². The maximum absolute atomic E-state index is 11.9. The lowest BCUT2D eigenvalue weighted by Gasteiger charge is -2.13. The number of ether oxygens (including phenoxy) is 1. The first-order chi connectivity index (χ1) is 6.27. The molecule has 1 aliphatic rings. The van der Waals surface area contributed by atoms with E-state index >= 15 is 0 Å². The van der Waals surface area contributed by atoms with Gasteiger partial charge in [0.05, 0.1) is 19.7 Å². The number of methoxy groups -OCH3 is 1. The molecule has 1 unspecified atom stereocenters. The molecule has 1 fully saturated rings. The Labute approximate surface area is 77.9 Å². The molecule has 0 aromatic rings. The molecule has 0 aromatic heterocycles. The number of hydrogen-bond acceptors (Lipinski definition) is 3. The van der Waals surface area contributed by atoms with Crippen molar-refractivity contribution in [2.45, 2.75) is 12.8 Å². The fraction of sp³-hybridized carbons (Fsp3) is 0.889. The summed E-state index contributed by atoms with van der Waals surface area (Å²) in [7, 11) is 1.41. The van der Waals surface area contributed by atoms with Gasteiger partial charge in [-0.3, -0.25) is 9.18 Å². The van der Waals surface area contributed by atoms with Crippen molar-refractivity contribution >= 4 is 5.97 Å². The number of likely N-dealkylation sites (tertiary alicyclic amines) is 1. The van der Waals surface area contributed by atoms with Crippen LogP contribution in [0.15, 0.2) is 0 Å². The highest BCUT2D eigenvalue weighted by Gasteiger charge is 2.28. The molecule has 3 nitrogen and oxygen atoms in total. The second-order valence-corrected chi connectivity index (χ2v) is 3.35. The van der Waals surface area contributed by atoms with Gasteiger partial charge >= 0.3 is 5.97 Å². The Morgan fingerprint density at radius 3 is 3.08 bits per heavy atom. The van der Waals surface area contributed by atoms with Crippen LogP contribution in [0.4, 0.5) is 4.39 Å². The number of rotatable bonds is 4. The van der Waals surface area contributed by atoms with E-state index in [9.17, 15) is 9.18 Å². The Morgan fingerprint density at radius 1 is 1.69 bits per heavy atom. The number of carbonyl (C=O) groups excluding carboxylic acids is 1. The number of halogens is 1. The molecule has 0 saturated carbocycles. The van der Waals surface area contributed by atoms with Crippen LogP contribution in [0.25, 0.3) is 0 Å². The lowest BCUT2D eigenvalue weighted by molar-refractivity contribution is -0.144. The second-order valence-electron chi connectivity index (χ2n) is 3.35. The summed E-state index contributed by atoms with van der Waals surface area (Å²) in [6, 6.07) is 0. The van der Waals surface area contributed by atoms with E-state index < -0.39 is 0 Å². The Kier molecular flexibility index (Phi) is 4.15. The third-order valence-electron chi connectivity index (χ3n) is 2.41. The zero-order valence-electron chi connectivity index (χ0n) is 7.96. The molecule has 1 rings (SSSR count). The number of nitrogens with zero attached hydrogens (tertiary/aromatic N) is 1. The zero-order valence-corrected chi connectivity index (χ0v) is 7.96. The Morgan fingerprint density at radius 2 is 2.46 bits per heavy atom. The van der Waals surface area contributed by atoms with Gasteiger partial charge in [0.15, 0.2) is 0 Å². The minimum atomic E-state index is -0.278. The molecule has 4 heteroatoms. The molecule has 0 bridgehead atoms. The molecule has 0 radical (unpaired) electrons. The summed E-state index contributed by atoms with van der Waals surface area (Å²) in [4.78, 5) is 13.2. The number of hydrogen-bond donors (Lipinski definition) is 0. The molecule has 0 aromatic carbocycles. The molecular formula is C9H16FNO2. The maximum atomic E-state index is 11.9. The summed E-state index contributed by atoms with van der Waals surface area (Å²) < 4.78 is 16.5. The van der Waals surface area contributed by atoms with E-state index in [0.717, 1.165) is 26.1 Å². The standard InChI is InChI=1S/C9H16FNO2/c1-13-9(12)8-3-6-11(7-8)5-2-4-10/h8H,2-7H2,1H3. The van der Waals surface area contributed by atoms with E-state index in [4.69, 9.17) is 0 Å². The monoisotopic (exact) mass is 189 g/mol. The summed E-state index contributed by atoms with van der Waals surface area (Å²) in [5.41, 5.74) is 0. The van der Waals surface area contributed by atoms with Gasteiger partial charge in [-0.25, -0.2) is 0 Å². The molecule has 1 aliphatic heterocycles. The Hall–Kier alpha value is -0.640. The minimum Gasteiger partial charge on any atom is -0.469 e. The molecule has 1 heterocycles. The molecule has 0 amide bonds. The molecule has 1 atom stereocenters. The molecular weight excluding hydrogens is 173 g/mol. The van der Waals surface area contributed by atoms with Gasteiger partial charge < -0.3 is 9.64 Å². The first-order valence-corrected chi connectivity index (χ1v) is 4.64. The van der Waals surface area contributed by atoms with Crippen molar-refractivity contribution in [2.24, 2.45) is 5.92 Å². The molecule has 0 aliphatic carbocycles. The largest absolute Gasteiger partial charge is 0.469 e. The third-order valence-corrected chi connectivity index (χ3v) is 2.41. The average Bonchev–Trinajstić information content (AvgIpc) is 2.62. The van der Waals surface area contributed by atoms with Crippen molar-refractivity contribution in [1.29, 1.82) is 0 Å². The lowest BCUT2D eigenvalue weighted by Crippen LogP contribution is -2.25. The predicted molar refractivity (Wildman–Crippen MR) is 47.2 cm³/mol. The maximum Gasteiger partial charge on any atom is 0.310 e. The van der Waals surface area contributed by atoms with Crippen molar-refractivity contribution in [2.75, 3.05) is 33.4 Å². The van der Waals surface area contributed by atoms with Crippen molar-refractivity contribution in [3.63, 3.8) is 0 Å². The van der Waals surface area contributed by atoms with Gasteiger partial charge in [-0.05, 0) is 19.4 Å². The smallest absolute Gasteiger partial charge is 0.310 e. The van der Waals surface area contributed by atoms with E-state index in [0.29, 0.717) is 6.42 Å². The second kappa shape index (κ2) is 5.17. The van der Waals surface area contributed by atoms with Crippen molar-refractivity contribution in [1.82, 2.24) is 4.90 Å². The van der Waals surface area contributed by atoms with Crippen LogP contribution in [0, 0.1) is 5.92 Å². The number of esters is 1. The van der Waals surface area contributed by atoms with Crippen molar-refractivity contribution in [3.8, 4) is 0 Å². The first kappa shape index (κ1) is 10.4. The van der Waals surface area contributed by atoms with E-state index in [1.807, 2.05) is 0 Å². The molecule has 0 spiro atoms. The fourth-order valence-corrected chi connectivity index (χ4v) is 1.68. The number of alkyl halides is 1. The van der Waals surface area contributed by atoms with Gasteiger partial charge in [0.2, 0.25) is 0 Å². The van der Waals surface area contributed by atoms with Gasteiger partial charge in [-0.2, -0.15) is 0 Å². The van der Waals surface area contributed by atoms with Crippen LogP contribution in [0.5, 0.6) is 0 Å². The van der Waals surface area contributed by atoms with E-state index in [1.165, 1.54) is 7.11 Å². The van der Waals surface area contributed by atoms with E-state index in [-0.39, 0.29) is 18.6 Å². The average molecular weight is 189 g/mol. The van der Waals surface area contributed by atoms with E-state index in [2.05, 4.69) is 9.64 Å².